The number of benzene rings is 2. The number of rotatable bonds is 6. The first-order valence-corrected chi connectivity index (χ1v) is 8.20. The standard InChI is InChI=1S/C20H20N4O/c1-15-14-18(19(25)21-13-12-16-8-4-2-5-9-16)24-20(22-15)23-17-10-6-3-7-11-17/h2-11,14H,12-13H2,1H3,(H,21,25)(H,22,23,24). The molecule has 1 heterocycles. The molecule has 126 valence electrons. The maximum absolute atomic E-state index is 12.4. The van der Waals surface area contributed by atoms with Gasteiger partial charge in [-0.25, -0.2) is 9.97 Å². The van der Waals surface area contributed by atoms with Gasteiger partial charge in [0.25, 0.3) is 5.91 Å². The van der Waals surface area contributed by atoms with Gasteiger partial charge in [0.05, 0.1) is 0 Å². The molecule has 0 aliphatic rings. The largest absolute Gasteiger partial charge is 0.350 e. The second-order valence-corrected chi connectivity index (χ2v) is 5.70. The van der Waals surface area contributed by atoms with Crippen LogP contribution in [0.15, 0.2) is 66.7 Å². The Hall–Kier alpha value is -3.21. The van der Waals surface area contributed by atoms with Crippen molar-refractivity contribution in [2.24, 2.45) is 0 Å². The first kappa shape index (κ1) is 16.6. The summed E-state index contributed by atoms with van der Waals surface area (Å²) in [6.07, 6.45) is 0.784. The van der Waals surface area contributed by atoms with Crippen LogP contribution in [-0.2, 0) is 6.42 Å². The van der Waals surface area contributed by atoms with Gasteiger partial charge in [-0.15, -0.1) is 0 Å². The number of aryl methyl sites for hydroxylation is 1. The highest BCUT2D eigenvalue weighted by Gasteiger charge is 2.10. The van der Waals surface area contributed by atoms with Crippen molar-refractivity contribution in [2.75, 3.05) is 11.9 Å². The minimum atomic E-state index is -0.197. The van der Waals surface area contributed by atoms with E-state index in [4.69, 9.17) is 0 Å². The lowest BCUT2D eigenvalue weighted by Crippen LogP contribution is -2.27. The van der Waals surface area contributed by atoms with E-state index in [9.17, 15) is 4.79 Å². The Kier molecular flexibility index (Phi) is 5.36. The zero-order chi connectivity index (χ0) is 17.5. The summed E-state index contributed by atoms with van der Waals surface area (Å²) in [4.78, 5) is 21.0. The van der Waals surface area contributed by atoms with E-state index in [0.717, 1.165) is 17.8 Å². The fourth-order valence-corrected chi connectivity index (χ4v) is 2.45. The maximum atomic E-state index is 12.4. The highest BCUT2D eigenvalue weighted by Crippen LogP contribution is 2.13. The summed E-state index contributed by atoms with van der Waals surface area (Å²) in [5.74, 6) is 0.219. The molecule has 3 rings (SSSR count). The van der Waals surface area contributed by atoms with Gasteiger partial charge in [0.15, 0.2) is 0 Å². The van der Waals surface area contributed by atoms with Crippen molar-refractivity contribution >= 4 is 17.5 Å². The number of aromatic nitrogens is 2. The van der Waals surface area contributed by atoms with E-state index in [1.807, 2.05) is 67.6 Å². The second-order valence-electron chi connectivity index (χ2n) is 5.70. The molecule has 0 aliphatic carbocycles. The molecule has 0 bridgehead atoms. The van der Waals surface area contributed by atoms with Crippen LogP contribution in [0.1, 0.15) is 21.7 Å². The predicted molar refractivity (Wildman–Crippen MR) is 99.0 cm³/mol. The number of hydrogen-bond donors (Lipinski definition) is 2. The summed E-state index contributed by atoms with van der Waals surface area (Å²) < 4.78 is 0. The first-order valence-electron chi connectivity index (χ1n) is 8.20. The monoisotopic (exact) mass is 332 g/mol. The third-order valence-corrected chi connectivity index (χ3v) is 3.66. The van der Waals surface area contributed by atoms with Crippen LogP contribution < -0.4 is 10.6 Å². The lowest BCUT2D eigenvalue weighted by molar-refractivity contribution is 0.0949. The molecule has 3 aromatic rings. The molecule has 0 spiro atoms. The molecule has 0 saturated carbocycles. The van der Waals surface area contributed by atoms with Gasteiger partial charge >= 0.3 is 0 Å². The van der Waals surface area contributed by atoms with Gasteiger partial charge in [0.1, 0.15) is 5.69 Å². The number of carbonyl (C=O) groups excluding carboxylic acids is 1. The zero-order valence-electron chi connectivity index (χ0n) is 14.1. The van der Waals surface area contributed by atoms with Crippen molar-refractivity contribution < 1.29 is 4.79 Å². The number of nitrogens with zero attached hydrogens (tertiary/aromatic N) is 2. The Morgan fingerprint density at radius 1 is 0.960 bits per heavy atom. The average molecular weight is 332 g/mol. The van der Waals surface area contributed by atoms with Crippen molar-refractivity contribution in [3.05, 3.63) is 83.7 Å². The molecular formula is C20H20N4O. The normalized spacial score (nSPS) is 10.3. The van der Waals surface area contributed by atoms with Gasteiger partial charge in [0, 0.05) is 17.9 Å². The number of hydrogen-bond acceptors (Lipinski definition) is 4. The highest BCUT2D eigenvalue weighted by molar-refractivity contribution is 5.92. The van der Waals surface area contributed by atoms with E-state index in [1.54, 1.807) is 6.07 Å². The van der Waals surface area contributed by atoms with Gasteiger partial charge in [-0.05, 0) is 37.1 Å². The molecule has 1 aromatic heterocycles. The summed E-state index contributed by atoms with van der Waals surface area (Å²) in [6.45, 7) is 2.41. The third kappa shape index (κ3) is 4.88. The third-order valence-electron chi connectivity index (χ3n) is 3.66. The number of carbonyl (C=O) groups is 1. The Bertz CT molecular complexity index is 835. The molecule has 2 aromatic carbocycles. The molecule has 0 aliphatic heterocycles. The van der Waals surface area contributed by atoms with Crippen LogP contribution in [-0.4, -0.2) is 22.4 Å². The number of amides is 1. The predicted octanol–water partition coefficient (Wildman–Crippen LogP) is 3.50. The molecule has 0 atom stereocenters. The molecule has 0 unspecified atom stereocenters. The summed E-state index contributed by atoms with van der Waals surface area (Å²) in [6, 6.07) is 21.4. The molecule has 2 N–H and O–H groups in total. The van der Waals surface area contributed by atoms with E-state index in [1.165, 1.54) is 5.56 Å². The summed E-state index contributed by atoms with van der Waals surface area (Å²) in [5.41, 5.74) is 3.16. The Labute approximate surface area is 147 Å². The Balaban J connectivity index is 1.64. The molecular weight excluding hydrogens is 312 g/mol. The molecule has 25 heavy (non-hydrogen) atoms. The maximum Gasteiger partial charge on any atom is 0.270 e. The van der Waals surface area contributed by atoms with Crippen LogP contribution in [0.5, 0.6) is 0 Å². The lowest BCUT2D eigenvalue weighted by atomic mass is 10.1. The zero-order valence-corrected chi connectivity index (χ0v) is 14.1. The molecule has 1 amide bonds. The molecule has 0 saturated heterocycles. The van der Waals surface area contributed by atoms with Crippen LogP contribution in [0, 0.1) is 6.92 Å². The van der Waals surface area contributed by atoms with E-state index in [-0.39, 0.29) is 5.91 Å². The molecule has 0 radical (unpaired) electrons. The SMILES string of the molecule is Cc1cc(C(=O)NCCc2ccccc2)nc(Nc2ccccc2)n1. The van der Waals surface area contributed by atoms with Gasteiger partial charge in [0.2, 0.25) is 5.95 Å². The van der Waals surface area contributed by atoms with Crippen molar-refractivity contribution in [1.82, 2.24) is 15.3 Å². The highest BCUT2D eigenvalue weighted by atomic mass is 16.1. The van der Waals surface area contributed by atoms with Crippen molar-refractivity contribution in [3.8, 4) is 0 Å². The van der Waals surface area contributed by atoms with Crippen LogP contribution >= 0.6 is 0 Å². The number of nitrogens with one attached hydrogen (secondary N) is 2. The Morgan fingerprint density at radius 3 is 2.36 bits per heavy atom. The summed E-state index contributed by atoms with van der Waals surface area (Å²) in [7, 11) is 0. The molecule has 5 nitrogen and oxygen atoms in total. The van der Waals surface area contributed by atoms with Crippen LogP contribution in [0.2, 0.25) is 0 Å². The quantitative estimate of drug-likeness (QED) is 0.725. The number of para-hydroxylation sites is 1. The van der Waals surface area contributed by atoms with Gasteiger partial charge in [-0.3, -0.25) is 4.79 Å². The fourth-order valence-electron chi connectivity index (χ4n) is 2.45. The summed E-state index contributed by atoms with van der Waals surface area (Å²) >= 11 is 0. The van der Waals surface area contributed by atoms with Crippen LogP contribution in [0.4, 0.5) is 11.6 Å². The van der Waals surface area contributed by atoms with Crippen molar-refractivity contribution in [3.63, 3.8) is 0 Å². The van der Waals surface area contributed by atoms with E-state index < -0.39 is 0 Å². The minimum absolute atomic E-state index is 0.197. The second kappa shape index (κ2) is 8.06. The van der Waals surface area contributed by atoms with E-state index in [0.29, 0.717) is 18.2 Å². The lowest BCUT2D eigenvalue weighted by Gasteiger charge is -2.09. The minimum Gasteiger partial charge on any atom is -0.350 e. The van der Waals surface area contributed by atoms with Gasteiger partial charge in [-0.1, -0.05) is 48.5 Å². The smallest absolute Gasteiger partial charge is 0.270 e. The van der Waals surface area contributed by atoms with Crippen LogP contribution in [0.25, 0.3) is 0 Å². The van der Waals surface area contributed by atoms with Crippen molar-refractivity contribution in [1.29, 1.82) is 0 Å². The molecule has 0 fully saturated rings. The first-order chi connectivity index (χ1) is 12.2. The van der Waals surface area contributed by atoms with E-state index >= 15 is 0 Å². The average Bonchev–Trinajstić information content (AvgIpc) is 2.63. The molecule has 5 heteroatoms. The Morgan fingerprint density at radius 2 is 1.64 bits per heavy atom. The summed E-state index contributed by atoms with van der Waals surface area (Å²) in [5, 5.41) is 6.03. The fraction of sp³-hybridized carbons (Fsp3) is 0.150. The van der Waals surface area contributed by atoms with Gasteiger partial charge in [-0.2, -0.15) is 0 Å². The topological polar surface area (TPSA) is 66.9 Å². The number of anilines is 2. The van der Waals surface area contributed by atoms with Crippen LogP contribution in [0.3, 0.4) is 0 Å². The van der Waals surface area contributed by atoms with Gasteiger partial charge < -0.3 is 10.6 Å². The van der Waals surface area contributed by atoms with Crippen molar-refractivity contribution in [2.45, 2.75) is 13.3 Å². The van der Waals surface area contributed by atoms with E-state index in [2.05, 4.69) is 20.6 Å².